The Morgan fingerprint density at radius 1 is 1.58 bits per heavy atom. The molecule has 5 heteroatoms. The van der Waals surface area contributed by atoms with E-state index in [0.717, 1.165) is 0 Å². The van der Waals surface area contributed by atoms with Gasteiger partial charge in [0.15, 0.2) is 5.82 Å². The van der Waals surface area contributed by atoms with Gasteiger partial charge in [-0.25, -0.2) is 0 Å². The summed E-state index contributed by atoms with van der Waals surface area (Å²) in [6.45, 7) is 1.73. The summed E-state index contributed by atoms with van der Waals surface area (Å²) in [4.78, 5) is 4.61. The van der Waals surface area contributed by atoms with Crippen molar-refractivity contribution in [3.63, 3.8) is 0 Å². The molecule has 2 rings (SSSR count). The number of aryl methyl sites for hydroxylation is 1. The van der Waals surface area contributed by atoms with Crippen molar-refractivity contribution in [2.45, 2.75) is 6.92 Å². The lowest BCUT2D eigenvalue weighted by atomic mass is 10.4. The average Bonchev–Trinajstić information content (AvgIpc) is 2.58. The molecule has 0 amide bonds. The largest absolute Gasteiger partial charge is 0.506 e. The fourth-order valence-corrected chi connectivity index (χ4v) is 1.56. The molecule has 0 atom stereocenters. The van der Waals surface area contributed by atoms with Gasteiger partial charge < -0.3 is 9.63 Å². The van der Waals surface area contributed by atoms with Gasteiger partial charge in [0.1, 0.15) is 10.6 Å². The van der Waals surface area contributed by atoms with E-state index in [2.05, 4.69) is 10.1 Å². The van der Waals surface area contributed by atoms with E-state index in [1.165, 1.54) is 11.3 Å². The molecule has 0 aliphatic heterocycles. The van der Waals surface area contributed by atoms with Crippen molar-refractivity contribution in [3.05, 3.63) is 17.3 Å². The van der Waals surface area contributed by atoms with Gasteiger partial charge in [0.2, 0.25) is 0 Å². The first kappa shape index (κ1) is 7.30. The molecule has 1 N–H and O–H groups in total. The van der Waals surface area contributed by atoms with E-state index >= 15 is 0 Å². The number of hydrogen-bond acceptors (Lipinski definition) is 5. The van der Waals surface area contributed by atoms with Gasteiger partial charge in [-0.1, -0.05) is 5.16 Å². The summed E-state index contributed by atoms with van der Waals surface area (Å²) < 4.78 is 4.88. The van der Waals surface area contributed by atoms with E-state index in [9.17, 15) is 5.11 Å². The lowest BCUT2D eigenvalue weighted by molar-refractivity contribution is 0.421. The third kappa shape index (κ3) is 1.08. The van der Waals surface area contributed by atoms with Crippen LogP contribution in [0.1, 0.15) is 5.82 Å². The Balaban J connectivity index is 2.50. The van der Waals surface area contributed by atoms with Gasteiger partial charge in [0.25, 0.3) is 5.89 Å². The zero-order valence-corrected chi connectivity index (χ0v) is 7.13. The number of hydrogen-bond donors (Lipinski definition) is 1. The highest BCUT2D eigenvalue weighted by molar-refractivity contribution is 7.13. The molecule has 0 radical (unpaired) electrons. The Labute approximate surface area is 72.5 Å². The molecular formula is C7H6N2O2S. The van der Waals surface area contributed by atoms with Crippen molar-refractivity contribution in [2.75, 3.05) is 0 Å². The Hall–Kier alpha value is -1.36. The van der Waals surface area contributed by atoms with Crippen molar-refractivity contribution in [1.82, 2.24) is 10.1 Å². The van der Waals surface area contributed by atoms with Crippen LogP contribution in [0.3, 0.4) is 0 Å². The second kappa shape index (κ2) is 2.60. The highest BCUT2D eigenvalue weighted by Gasteiger charge is 2.11. The average molecular weight is 182 g/mol. The van der Waals surface area contributed by atoms with Crippen LogP contribution in [-0.2, 0) is 0 Å². The van der Waals surface area contributed by atoms with Crippen molar-refractivity contribution in [2.24, 2.45) is 0 Å². The normalized spacial score (nSPS) is 10.4. The molecule has 0 spiro atoms. The van der Waals surface area contributed by atoms with Crippen molar-refractivity contribution >= 4 is 11.3 Å². The third-order valence-electron chi connectivity index (χ3n) is 1.37. The third-order valence-corrected chi connectivity index (χ3v) is 2.26. The molecule has 2 heterocycles. The maximum Gasteiger partial charge on any atom is 0.271 e. The van der Waals surface area contributed by atoms with Crippen LogP contribution in [0.2, 0.25) is 0 Å². The van der Waals surface area contributed by atoms with E-state index < -0.39 is 0 Å². The minimum atomic E-state index is 0.184. The van der Waals surface area contributed by atoms with Crippen LogP contribution >= 0.6 is 11.3 Å². The molecule has 0 fully saturated rings. The van der Waals surface area contributed by atoms with Crippen LogP contribution in [0.15, 0.2) is 16.0 Å². The van der Waals surface area contributed by atoms with Gasteiger partial charge >= 0.3 is 0 Å². The minimum absolute atomic E-state index is 0.184. The Morgan fingerprint density at radius 2 is 2.42 bits per heavy atom. The van der Waals surface area contributed by atoms with Crippen molar-refractivity contribution < 1.29 is 9.63 Å². The summed E-state index contributed by atoms with van der Waals surface area (Å²) >= 11 is 1.37. The molecule has 62 valence electrons. The van der Waals surface area contributed by atoms with Gasteiger partial charge in [-0.15, -0.1) is 11.3 Å². The number of aromatic nitrogens is 2. The molecule has 12 heavy (non-hydrogen) atoms. The Kier molecular flexibility index (Phi) is 1.58. The summed E-state index contributed by atoms with van der Waals surface area (Å²) in [5.41, 5.74) is 0. The zero-order valence-electron chi connectivity index (χ0n) is 6.31. The standard InChI is InChI=1S/C7H6N2O2S/c1-4-8-7(11-9-4)6-5(10)2-3-12-6/h2-3,10H,1H3. The number of rotatable bonds is 1. The fourth-order valence-electron chi connectivity index (χ4n) is 0.852. The van der Waals surface area contributed by atoms with Gasteiger partial charge in [-0.2, -0.15) is 4.98 Å². The summed E-state index contributed by atoms with van der Waals surface area (Å²) in [7, 11) is 0. The van der Waals surface area contributed by atoms with Crippen LogP contribution in [0, 0.1) is 6.92 Å². The van der Waals surface area contributed by atoms with Gasteiger partial charge in [0, 0.05) is 0 Å². The van der Waals surface area contributed by atoms with Crippen LogP contribution in [0.25, 0.3) is 10.8 Å². The zero-order chi connectivity index (χ0) is 8.55. The number of nitrogens with zero attached hydrogens (tertiary/aromatic N) is 2. The predicted octanol–water partition coefficient (Wildman–Crippen LogP) is 1.81. The van der Waals surface area contributed by atoms with Crippen LogP contribution in [0.5, 0.6) is 5.75 Å². The topological polar surface area (TPSA) is 59.2 Å². The minimum Gasteiger partial charge on any atom is -0.506 e. The summed E-state index contributed by atoms with van der Waals surface area (Å²) in [6.07, 6.45) is 0. The lowest BCUT2D eigenvalue weighted by Gasteiger charge is -1.87. The molecular weight excluding hydrogens is 176 g/mol. The Bertz CT molecular complexity index is 394. The molecule has 2 aromatic rings. The molecule has 0 aliphatic carbocycles. The highest BCUT2D eigenvalue weighted by atomic mass is 32.1. The van der Waals surface area contributed by atoms with E-state index in [1.807, 2.05) is 0 Å². The first-order valence-electron chi connectivity index (χ1n) is 3.34. The molecule has 0 aliphatic rings. The van der Waals surface area contributed by atoms with Crippen LogP contribution in [0.4, 0.5) is 0 Å². The first-order valence-corrected chi connectivity index (χ1v) is 4.22. The van der Waals surface area contributed by atoms with Gasteiger partial charge in [0.05, 0.1) is 0 Å². The molecule has 4 nitrogen and oxygen atoms in total. The van der Waals surface area contributed by atoms with Crippen molar-refractivity contribution in [3.8, 4) is 16.5 Å². The lowest BCUT2D eigenvalue weighted by Crippen LogP contribution is -1.73. The van der Waals surface area contributed by atoms with E-state index in [4.69, 9.17) is 4.52 Å². The maximum absolute atomic E-state index is 9.30. The molecule has 0 aromatic carbocycles. The second-order valence-electron chi connectivity index (χ2n) is 2.28. The van der Waals surface area contributed by atoms with Gasteiger partial charge in [-0.3, -0.25) is 0 Å². The molecule has 0 unspecified atom stereocenters. The smallest absolute Gasteiger partial charge is 0.271 e. The van der Waals surface area contributed by atoms with E-state index in [0.29, 0.717) is 16.6 Å². The first-order chi connectivity index (χ1) is 5.77. The van der Waals surface area contributed by atoms with Crippen molar-refractivity contribution in [1.29, 1.82) is 0 Å². The predicted molar refractivity (Wildman–Crippen MR) is 44.0 cm³/mol. The summed E-state index contributed by atoms with van der Waals surface area (Å²) in [5, 5.41) is 14.7. The second-order valence-corrected chi connectivity index (χ2v) is 3.20. The molecule has 0 saturated carbocycles. The molecule has 2 aromatic heterocycles. The van der Waals surface area contributed by atoms with Crippen LogP contribution < -0.4 is 0 Å². The SMILES string of the molecule is Cc1noc(-c2sccc2O)n1. The summed E-state index contributed by atoms with van der Waals surface area (Å²) in [6, 6.07) is 1.60. The van der Waals surface area contributed by atoms with E-state index in [-0.39, 0.29) is 5.75 Å². The fraction of sp³-hybridized carbons (Fsp3) is 0.143. The van der Waals surface area contributed by atoms with Gasteiger partial charge in [-0.05, 0) is 18.4 Å². The number of thiophene rings is 1. The quantitative estimate of drug-likeness (QED) is 0.730. The Morgan fingerprint density at radius 3 is 2.92 bits per heavy atom. The van der Waals surface area contributed by atoms with Crippen LogP contribution in [-0.4, -0.2) is 15.2 Å². The summed E-state index contributed by atoms with van der Waals surface area (Å²) in [5.74, 6) is 1.13. The monoisotopic (exact) mass is 182 g/mol. The maximum atomic E-state index is 9.30. The van der Waals surface area contributed by atoms with E-state index in [1.54, 1.807) is 18.4 Å². The molecule has 0 bridgehead atoms. The number of aromatic hydroxyl groups is 1. The molecule has 0 saturated heterocycles. The highest BCUT2D eigenvalue weighted by Crippen LogP contribution is 2.32.